The number of rotatable bonds is 3. The molecule has 0 unspecified atom stereocenters. The second-order valence-electron chi connectivity index (χ2n) is 7.18. The minimum atomic E-state index is -0.486. The highest BCUT2D eigenvalue weighted by Crippen LogP contribution is 2.22. The molecule has 4 nitrogen and oxygen atoms in total. The summed E-state index contributed by atoms with van der Waals surface area (Å²) in [6, 6.07) is 3.98. The first-order chi connectivity index (χ1) is 10.7. The maximum Gasteiger partial charge on any atom is 0.240 e. The first-order valence-electron chi connectivity index (χ1n) is 7.89. The summed E-state index contributed by atoms with van der Waals surface area (Å²) in [5.41, 5.74) is 6.72. The van der Waals surface area contributed by atoms with Crippen LogP contribution in [0.4, 0.5) is 4.39 Å². The highest BCUT2D eigenvalue weighted by molar-refractivity contribution is 6.31. The third-order valence-electron chi connectivity index (χ3n) is 4.29. The molecule has 2 rings (SSSR count). The van der Waals surface area contributed by atoms with E-state index in [2.05, 4.69) is 4.90 Å². The lowest BCUT2D eigenvalue weighted by molar-refractivity contribution is -0.136. The van der Waals surface area contributed by atoms with Crippen LogP contribution in [0, 0.1) is 11.2 Å². The maximum absolute atomic E-state index is 13.1. The number of hydrogen-bond donors (Lipinski definition) is 1. The average Bonchev–Trinajstić information content (AvgIpc) is 2.48. The Balaban J connectivity index is 1.90. The molecule has 0 spiro atoms. The lowest BCUT2D eigenvalue weighted by atomic mass is 9.86. The first-order valence-corrected chi connectivity index (χ1v) is 8.27. The van der Waals surface area contributed by atoms with Gasteiger partial charge in [0.1, 0.15) is 5.82 Å². The molecule has 23 heavy (non-hydrogen) atoms. The molecule has 0 radical (unpaired) electrons. The Bertz CT molecular complexity index is 565. The number of amides is 1. The van der Waals surface area contributed by atoms with Crippen LogP contribution in [0.25, 0.3) is 0 Å². The number of carbonyl (C=O) groups is 1. The number of nitrogens with two attached hydrogens (primary N) is 1. The summed E-state index contributed by atoms with van der Waals surface area (Å²) in [5, 5.41) is 0.443. The Morgan fingerprint density at radius 2 is 1.91 bits per heavy atom. The summed E-state index contributed by atoms with van der Waals surface area (Å²) >= 11 is 6.07. The van der Waals surface area contributed by atoms with Gasteiger partial charge in [0.2, 0.25) is 5.91 Å². The Morgan fingerprint density at radius 1 is 1.30 bits per heavy atom. The molecule has 1 aromatic rings. The summed E-state index contributed by atoms with van der Waals surface area (Å²) in [6.07, 6.45) is 0. The molecule has 1 aliphatic rings. The number of piperazine rings is 1. The smallest absolute Gasteiger partial charge is 0.240 e. The van der Waals surface area contributed by atoms with Crippen molar-refractivity contribution < 1.29 is 9.18 Å². The van der Waals surface area contributed by atoms with Crippen molar-refractivity contribution in [3.8, 4) is 0 Å². The second-order valence-corrected chi connectivity index (χ2v) is 7.59. The van der Waals surface area contributed by atoms with E-state index in [1.54, 1.807) is 6.07 Å². The minimum absolute atomic E-state index is 0.0111. The summed E-state index contributed by atoms with van der Waals surface area (Å²) in [6.45, 7) is 9.41. The van der Waals surface area contributed by atoms with Crippen molar-refractivity contribution in [2.75, 3.05) is 26.2 Å². The zero-order valence-corrected chi connectivity index (χ0v) is 14.7. The zero-order valence-electron chi connectivity index (χ0n) is 14.0. The molecule has 1 aromatic carbocycles. The summed E-state index contributed by atoms with van der Waals surface area (Å²) in [4.78, 5) is 16.5. The van der Waals surface area contributed by atoms with Crippen molar-refractivity contribution in [1.82, 2.24) is 9.80 Å². The van der Waals surface area contributed by atoms with Crippen LogP contribution in [0.15, 0.2) is 18.2 Å². The molecule has 1 fully saturated rings. The maximum atomic E-state index is 13.1. The topological polar surface area (TPSA) is 49.6 Å². The molecule has 0 saturated carbocycles. The van der Waals surface area contributed by atoms with Crippen molar-refractivity contribution in [3.63, 3.8) is 0 Å². The molecular weight excluding hydrogens is 317 g/mol. The standard InChI is InChI=1S/C17H25ClFN3O/c1-17(2,3)15(20)16(23)22-8-6-21(7-9-22)11-12-4-5-13(19)10-14(12)18/h4-5,10,15H,6-9,11,20H2,1-3H3/t15-/m1/s1. The predicted molar refractivity (Wildman–Crippen MR) is 90.7 cm³/mol. The van der Waals surface area contributed by atoms with Crippen LogP contribution in [-0.4, -0.2) is 47.9 Å². The highest BCUT2D eigenvalue weighted by Gasteiger charge is 2.32. The van der Waals surface area contributed by atoms with Crippen LogP contribution in [0.2, 0.25) is 5.02 Å². The van der Waals surface area contributed by atoms with E-state index in [1.807, 2.05) is 25.7 Å². The van der Waals surface area contributed by atoms with E-state index in [-0.39, 0.29) is 17.1 Å². The van der Waals surface area contributed by atoms with Crippen molar-refractivity contribution in [1.29, 1.82) is 0 Å². The van der Waals surface area contributed by atoms with E-state index < -0.39 is 6.04 Å². The molecule has 0 aromatic heterocycles. The van der Waals surface area contributed by atoms with Gasteiger partial charge in [0.25, 0.3) is 0 Å². The number of carbonyl (C=O) groups excluding carboxylic acids is 1. The molecule has 2 N–H and O–H groups in total. The van der Waals surface area contributed by atoms with Gasteiger partial charge in [-0.15, -0.1) is 0 Å². The molecule has 1 saturated heterocycles. The van der Waals surface area contributed by atoms with Gasteiger partial charge < -0.3 is 10.6 Å². The van der Waals surface area contributed by atoms with Gasteiger partial charge >= 0.3 is 0 Å². The van der Waals surface area contributed by atoms with E-state index in [1.165, 1.54) is 12.1 Å². The van der Waals surface area contributed by atoms with E-state index in [0.29, 0.717) is 24.7 Å². The Labute approximate surface area is 142 Å². The molecule has 0 aliphatic carbocycles. The lowest BCUT2D eigenvalue weighted by Gasteiger charge is -2.38. The van der Waals surface area contributed by atoms with Gasteiger partial charge in [0.15, 0.2) is 0 Å². The van der Waals surface area contributed by atoms with Gasteiger partial charge in [0.05, 0.1) is 6.04 Å². The molecule has 1 atom stereocenters. The van der Waals surface area contributed by atoms with Crippen LogP contribution in [-0.2, 0) is 11.3 Å². The van der Waals surface area contributed by atoms with Crippen molar-refractivity contribution in [2.24, 2.45) is 11.1 Å². The van der Waals surface area contributed by atoms with Crippen LogP contribution >= 0.6 is 11.6 Å². The van der Waals surface area contributed by atoms with Gasteiger partial charge in [-0.25, -0.2) is 4.39 Å². The molecule has 1 aliphatic heterocycles. The van der Waals surface area contributed by atoms with E-state index in [0.717, 1.165) is 18.7 Å². The number of nitrogens with zero attached hydrogens (tertiary/aromatic N) is 2. The summed E-state index contributed by atoms with van der Waals surface area (Å²) in [5.74, 6) is -0.317. The average molecular weight is 342 g/mol. The highest BCUT2D eigenvalue weighted by atomic mass is 35.5. The van der Waals surface area contributed by atoms with E-state index >= 15 is 0 Å². The minimum Gasteiger partial charge on any atom is -0.339 e. The second kappa shape index (κ2) is 7.16. The third-order valence-corrected chi connectivity index (χ3v) is 4.64. The number of halogens is 2. The summed E-state index contributed by atoms with van der Waals surface area (Å²) < 4.78 is 13.1. The number of hydrogen-bond acceptors (Lipinski definition) is 3. The fraction of sp³-hybridized carbons (Fsp3) is 0.588. The van der Waals surface area contributed by atoms with Gasteiger partial charge in [-0.2, -0.15) is 0 Å². The van der Waals surface area contributed by atoms with Gasteiger partial charge in [-0.3, -0.25) is 9.69 Å². The monoisotopic (exact) mass is 341 g/mol. The zero-order chi connectivity index (χ0) is 17.2. The van der Waals surface area contributed by atoms with Gasteiger partial charge in [-0.1, -0.05) is 38.4 Å². The molecular formula is C17H25ClFN3O. The van der Waals surface area contributed by atoms with Crippen LogP contribution in [0.1, 0.15) is 26.3 Å². The Morgan fingerprint density at radius 3 is 2.43 bits per heavy atom. The lowest BCUT2D eigenvalue weighted by Crippen LogP contribution is -2.56. The van der Waals surface area contributed by atoms with Gasteiger partial charge in [0, 0.05) is 37.7 Å². The third kappa shape index (κ3) is 4.66. The Hall–Kier alpha value is -1.17. The van der Waals surface area contributed by atoms with E-state index in [9.17, 15) is 9.18 Å². The normalized spacial score (nSPS) is 18.1. The first kappa shape index (κ1) is 18.2. The van der Waals surface area contributed by atoms with Crippen molar-refractivity contribution in [3.05, 3.63) is 34.6 Å². The van der Waals surface area contributed by atoms with Crippen LogP contribution in [0.3, 0.4) is 0 Å². The van der Waals surface area contributed by atoms with Crippen LogP contribution in [0.5, 0.6) is 0 Å². The predicted octanol–water partition coefficient (Wildman–Crippen LogP) is 2.50. The molecule has 128 valence electrons. The molecule has 0 bridgehead atoms. The number of benzene rings is 1. The molecule has 6 heteroatoms. The molecule has 1 amide bonds. The SMILES string of the molecule is CC(C)(C)[C@H](N)C(=O)N1CCN(Cc2ccc(F)cc2Cl)CC1. The van der Waals surface area contributed by atoms with Gasteiger partial charge in [-0.05, 0) is 23.1 Å². The van der Waals surface area contributed by atoms with Crippen molar-refractivity contribution in [2.45, 2.75) is 33.4 Å². The fourth-order valence-electron chi connectivity index (χ4n) is 2.58. The fourth-order valence-corrected chi connectivity index (χ4v) is 2.81. The Kier molecular flexibility index (Phi) is 5.65. The van der Waals surface area contributed by atoms with Crippen molar-refractivity contribution >= 4 is 17.5 Å². The quantitative estimate of drug-likeness (QED) is 0.919. The molecule has 1 heterocycles. The summed E-state index contributed by atoms with van der Waals surface area (Å²) in [7, 11) is 0. The van der Waals surface area contributed by atoms with E-state index in [4.69, 9.17) is 17.3 Å². The largest absolute Gasteiger partial charge is 0.339 e. The van der Waals surface area contributed by atoms with Crippen LogP contribution < -0.4 is 5.73 Å².